The second kappa shape index (κ2) is 3.27. The molecule has 0 aromatic rings. The summed E-state index contributed by atoms with van der Waals surface area (Å²) in [7, 11) is 0. The molecule has 0 radical (unpaired) electrons. The van der Waals surface area contributed by atoms with Crippen molar-refractivity contribution in [3.05, 3.63) is 12.3 Å². The molecule has 12 heavy (non-hydrogen) atoms. The van der Waals surface area contributed by atoms with Gasteiger partial charge < -0.3 is 0 Å². The zero-order valence-corrected chi connectivity index (χ0v) is 7.86. The summed E-state index contributed by atoms with van der Waals surface area (Å²) >= 11 is 0. The molecule has 1 heterocycles. The molecule has 1 N–H and O–H groups in total. The van der Waals surface area contributed by atoms with Crippen molar-refractivity contribution in [2.45, 2.75) is 27.2 Å². The van der Waals surface area contributed by atoms with Gasteiger partial charge in [0.05, 0.1) is 6.20 Å². The van der Waals surface area contributed by atoms with Gasteiger partial charge in [0.2, 0.25) is 0 Å². The third-order valence-corrected chi connectivity index (χ3v) is 2.70. The average molecular weight is 168 g/mol. The quantitative estimate of drug-likeness (QED) is 0.686. The van der Waals surface area contributed by atoms with Gasteiger partial charge in [0.1, 0.15) is 0 Å². The molecule has 0 aromatic carbocycles. The summed E-state index contributed by atoms with van der Waals surface area (Å²) in [6.45, 7) is 6.46. The van der Waals surface area contributed by atoms with Crippen LogP contribution in [0.2, 0.25) is 0 Å². The molecule has 0 aromatic heterocycles. The maximum atomic E-state index is 8.94. The van der Waals surface area contributed by atoms with Crippen LogP contribution in [0.15, 0.2) is 17.4 Å². The zero-order valence-electron chi connectivity index (χ0n) is 7.86. The van der Waals surface area contributed by atoms with E-state index in [4.69, 9.17) is 5.21 Å². The molecule has 2 atom stereocenters. The summed E-state index contributed by atoms with van der Waals surface area (Å²) in [6.07, 6.45) is 6.47. The second-order valence-electron chi connectivity index (χ2n) is 3.56. The Kier molecular flexibility index (Phi) is 2.52. The van der Waals surface area contributed by atoms with Gasteiger partial charge in [-0.25, -0.2) is 0 Å². The van der Waals surface area contributed by atoms with Crippen LogP contribution in [0.1, 0.15) is 27.2 Å². The fourth-order valence-corrected chi connectivity index (χ4v) is 1.22. The largest absolute Gasteiger partial charge is 0.268 e. The number of hydrogen-bond acceptors (Lipinski definition) is 3. The Morgan fingerprint density at radius 3 is 2.75 bits per heavy atom. The number of hydrazone groups is 1. The van der Waals surface area contributed by atoms with Gasteiger partial charge in [-0.15, -0.1) is 5.17 Å². The lowest BCUT2D eigenvalue weighted by molar-refractivity contribution is -0.0424. The summed E-state index contributed by atoms with van der Waals surface area (Å²) in [4.78, 5) is 0. The molecule has 2 unspecified atom stereocenters. The minimum atomic E-state index is -0.00597. The van der Waals surface area contributed by atoms with Crippen molar-refractivity contribution in [1.82, 2.24) is 5.17 Å². The number of nitrogens with zero attached hydrogens (tertiary/aromatic N) is 2. The van der Waals surface area contributed by atoms with E-state index in [2.05, 4.69) is 25.9 Å². The first-order valence-corrected chi connectivity index (χ1v) is 4.31. The van der Waals surface area contributed by atoms with Crippen LogP contribution in [0, 0.1) is 11.3 Å². The minimum Gasteiger partial charge on any atom is -0.268 e. The zero-order chi connectivity index (χ0) is 9.19. The SMILES string of the molecule is CCC(C)C1(C)C=CN(O)N=C1. The number of rotatable bonds is 2. The van der Waals surface area contributed by atoms with Gasteiger partial charge in [0, 0.05) is 11.6 Å². The summed E-state index contributed by atoms with van der Waals surface area (Å²) in [5, 5.41) is 13.6. The van der Waals surface area contributed by atoms with E-state index in [0.717, 1.165) is 11.6 Å². The molecule has 0 saturated heterocycles. The summed E-state index contributed by atoms with van der Waals surface area (Å²) in [6, 6.07) is 0. The molecule has 1 aliphatic heterocycles. The minimum absolute atomic E-state index is 0.00597. The van der Waals surface area contributed by atoms with Crippen molar-refractivity contribution in [3.8, 4) is 0 Å². The third kappa shape index (κ3) is 1.67. The fourth-order valence-electron chi connectivity index (χ4n) is 1.22. The molecule has 1 rings (SSSR count). The molecule has 0 aliphatic carbocycles. The van der Waals surface area contributed by atoms with E-state index < -0.39 is 0 Å². The number of hydroxylamine groups is 1. The Morgan fingerprint density at radius 2 is 2.33 bits per heavy atom. The van der Waals surface area contributed by atoms with Gasteiger partial charge in [-0.1, -0.05) is 33.3 Å². The maximum absolute atomic E-state index is 8.94. The predicted octanol–water partition coefficient (Wildman–Crippen LogP) is 2.24. The number of allylic oxidation sites excluding steroid dienone is 1. The topological polar surface area (TPSA) is 35.8 Å². The molecular weight excluding hydrogens is 152 g/mol. The van der Waals surface area contributed by atoms with Crippen LogP contribution in [0.3, 0.4) is 0 Å². The van der Waals surface area contributed by atoms with E-state index in [-0.39, 0.29) is 5.41 Å². The Morgan fingerprint density at radius 1 is 1.67 bits per heavy atom. The van der Waals surface area contributed by atoms with Crippen molar-refractivity contribution >= 4 is 6.21 Å². The third-order valence-electron chi connectivity index (χ3n) is 2.70. The molecule has 68 valence electrons. The van der Waals surface area contributed by atoms with Crippen LogP contribution in [0.25, 0.3) is 0 Å². The first-order chi connectivity index (χ1) is 5.58. The highest BCUT2D eigenvalue weighted by atomic mass is 16.5. The first-order valence-electron chi connectivity index (χ1n) is 4.31. The van der Waals surface area contributed by atoms with Crippen molar-refractivity contribution in [2.24, 2.45) is 16.4 Å². The standard InChI is InChI=1S/C9H16N2O/c1-4-8(2)9(3)5-6-11(12)10-7-9/h5-8,12H,4H2,1-3H3. The van der Waals surface area contributed by atoms with Crippen LogP contribution >= 0.6 is 0 Å². The second-order valence-corrected chi connectivity index (χ2v) is 3.56. The van der Waals surface area contributed by atoms with Crippen molar-refractivity contribution < 1.29 is 5.21 Å². The highest BCUT2D eigenvalue weighted by Gasteiger charge is 2.27. The van der Waals surface area contributed by atoms with Gasteiger partial charge in [-0.2, -0.15) is 5.10 Å². The molecule has 0 bridgehead atoms. The average Bonchev–Trinajstić information content (AvgIpc) is 2.09. The molecule has 0 spiro atoms. The van der Waals surface area contributed by atoms with Gasteiger partial charge in [-0.3, -0.25) is 5.21 Å². The van der Waals surface area contributed by atoms with Crippen LogP contribution in [-0.4, -0.2) is 16.6 Å². The summed E-state index contributed by atoms with van der Waals surface area (Å²) < 4.78 is 0. The first kappa shape index (κ1) is 9.26. The molecule has 1 aliphatic rings. The van der Waals surface area contributed by atoms with E-state index >= 15 is 0 Å². The Labute approximate surface area is 73.3 Å². The Balaban J connectivity index is 2.74. The van der Waals surface area contributed by atoms with Crippen molar-refractivity contribution in [2.75, 3.05) is 0 Å². The lowest BCUT2D eigenvalue weighted by Crippen LogP contribution is -2.28. The van der Waals surface area contributed by atoms with E-state index in [9.17, 15) is 0 Å². The lowest BCUT2D eigenvalue weighted by Gasteiger charge is -2.30. The van der Waals surface area contributed by atoms with Crippen LogP contribution in [0.4, 0.5) is 0 Å². The monoisotopic (exact) mass is 168 g/mol. The highest BCUT2D eigenvalue weighted by Crippen LogP contribution is 2.31. The Bertz CT molecular complexity index is 197. The van der Waals surface area contributed by atoms with E-state index in [1.807, 2.05) is 6.08 Å². The van der Waals surface area contributed by atoms with E-state index in [0.29, 0.717) is 5.92 Å². The summed E-state index contributed by atoms with van der Waals surface area (Å²) in [5.41, 5.74) is -0.00597. The van der Waals surface area contributed by atoms with Gasteiger partial charge in [0.15, 0.2) is 0 Å². The maximum Gasteiger partial charge on any atom is 0.0507 e. The molecule has 0 fully saturated rings. The normalized spacial score (nSPS) is 30.8. The molecule has 3 heteroatoms. The fraction of sp³-hybridized carbons (Fsp3) is 0.667. The van der Waals surface area contributed by atoms with E-state index in [1.54, 1.807) is 12.4 Å². The summed E-state index contributed by atoms with van der Waals surface area (Å²) in [5.74, 6) is 0.547. The van der Waals surface area contributed by atoms with E-state index in [1.165, 1.54) is 0 Å². The Hall–Kier alpha value is -0.830. The smallest absolute Gasteiger partial charge is 0.0507 e. The molecule has 3 nitrogen and oxygen atoms in total. The predicted molar refractivity (Wildman–Crippen MR) is 48.8 cm³/mol. The van der Waals surface area contributed by atoms with Crippen molar-refractivity contribution in [1.29, 1.82) is 0 Å². The highest BCUT2D eigenvalue weighted by molar-refractivity contribution is 5.69. The molecule has 0 saturated carbocycles. The molecular formula is C9H16N2O. The van der Waals surface area contributed by atoms with Crippen LogP contribution in [0.5, 0.6) is 0 Å². The van der Waals surface area contributed by atoms with Crippen LogP contribution < -0.4 is 0 Å². The van der Waals surface area contributed by atoms with Gasteiger partial charge in [0.25, 0.3) is 0 Å². The number of hydrogen-bond donors (Lipinski definition) is 1. The van der Waals surface area contributed by atoms with Crippen molar-refractivity contribution in [3.63, 3.8) is 0 Å². The van der Waals surface area contributed by atoms with Gasteiger partial charge in [-0.05, 0) is 5.92 Å². The molecule has 0 amide bonds. The van der Waals surface area contributed by atoms with Crippen LogP contribution in [-0.2, 0) is 0 Å². The van der Waals surface area contributed by atoms with Gasteiger partial charge >= 0.3 is 0 Å². The lowest BCUT2D eigenvalue weighted by atomic mass is 9.77.